The maximum Gasteiger partial charge on any atom is 0.339 e. The molecular weight excluding hydrogens is 246 g/mol. The summed E-state index contributed by atoms with van der Waals surface area (Å²) >= 11 is 0. The first-order valence-corrected chi connectivity index (χ1v) is 5.87. The molecule has 6 heteroatoms. The summed E-state index contributed by atoms with van der Waals surface area (Å²) in [5, 5.41) is 3.11. The van der Waals surface area contributed by atoms with E-state index in [4.69, 9.17) is 5.73 Å². The lowest BCUT2D eigenvalue weighted by Gasteiger charge is -2.25. The molecule has 0 aliphatic rings. The summed E-state index contributed by atoms with van der Waals surface area (Å²) in [5.74, 6) is -0.232. The van der Waals surface area contributed by atoms with E-state index in [2.05, 4.69) is 15.0 Å². The molecule has 0 aromatic carbocycles. The normalized spacial score (nSPS) is 10.9. The van der Waals surface area contributed by atoms with Crippen LogP contribution >= 0.6 is 0 Å². The Bertz CT molecular complexity index is 498. The molecule has 19 heavy (non-hydrogen) atoms. The van der Waals surface area contributed by atoms with Gasteiger partial charge in [0.25, 0.3) is 0 Å². The van der Waals surface area contributed by atoms with Crippen LogP contribution < -0.4 is 11.1 Å². The number of hydrogen-bond acceptors (Lipinski definition) is 5. The summed E-state index contributed by atoms with van der Waals surface area (Å²) in [6.07, 6.45) is 0.187. The third-order valence-electron chi connectivity index (χ3n) is 2.57. The number of carbonyl (C=O) groups is 2. The summed E-state index contributed by atoms with van der Waals surface area (Å²) in [5.41, 5.74) is 5.66. The largest absolute Gasteiger partial charge is 0.465 e. The van der Waals surface area contributed by atoms with Crippen molar-refractivity contribution in [3.05, 3.63) is 23.4 Å². The highest BCUT2D eigenvalue weighted by atomic mass is 16.5. The molecule has 1 heterocycles. The highest BCUT2D eigenvalue weighted by molar-refractivity contribution is 5.90. The molecule has 104 valence electrons. The van der Waals surface area contributed by atoms with Gasteiger partial charge in [-0.1, -0.05) is 0 Å². The molecule has 1 aromatic rings. The average molecular weight is 265 g/mol. The SMILES string of the molecule is COC(=O)c1ccc(NC(C)(C)CC(N)=O)nc1C. The van der Waals surface area contributed by atoms with E-state index in [0.717, 1.165) is 0 Å². The lowest BCUT2D eigenvalue weighted by Crippen LogP contribution is -2.36. The highest BCUT2D eigenvalue weighted by Crippen LogP contribution is 2.18. The molecule has 0 saturated carbocycles. The third-order valence-corrected chi connectivity index (χ3v) is 2.57. The second-order valence-corrected chi connectivity index (χ2v) is 4.97. The molecule has 0 unspecified atom stereocenters. The van der Waals surface area contributed by atoms with Gasteiger partial charge in [-0.2, -0.15) is 0 Å². The Morgan fingerprint density at radius 3 is 2.53 bits per heavy atom. The third kappa shape index (κ3) is 4.24. The molecule has 3 N–H and O–H groups in total. The average Bonchev–Trinajstić information content (AvgIpc) is 2.25. The molecule has 0 aliphatic carbocycles. The molecule has 1 rings (SSSR count). The lowest BCUT2D eigenvalue weighted by molar-refractivity contribution is -0.118. The molecule has 0 fully saturated rings. The van der Waals surface area contributed by atoms with Crippen molar-refractivity contribution in [2.75, 3.05) is 12.4 Å². The quantitative estimate of drug-likeness (QED) is 0.781. The van der Waals surface area contributed by atoms with Crippen molar-refractivity contribution in [1.82, 2.24) is 4.98 Å². The maximum atomic E-state index is 11.4. The molecule has 0 radical (unpaired) electrons. The van der Waals surface area contributed by atoms with Crippen LogP contribution in [0.1, 0.15) is 36.3 Å². The number of rotatable bonds is 5. The summed E-state index contributed by atoms with van der Waals surface area (Å²) < 4.78 is 4.65. The van der Waals surface area contributed by atoms with Crippen molar-refractivity contribution >= 4 is 17.7 Å². The number of esters is 1. The van der Waals surface area contributed by atoms with Crippen molar-refractivity contribution in [3.8, 4) is 0 Å². The number of primary amides is 1. The van der Waals surface area contributed by atoms with Gasteiger partial charge in [0, 0.05) is 12.0 Å². The van der Waals surface area contributed by atoms with Gasteiger partial charge in [-0.15, -0.1) is 0 Å². The van der Waals surface area contributed by atoms with Gasteiger partial charge in [0.15, 0.2) is 0 Å². The van der Waals surface area contributed by atoms with Crippen LogP contribution in [0.15, 0.2) is 12.1 Å². The van der Waals surface area contributed by atoms with E-state index in [9.17, 15) is 9.59 Å². The summed E-state index contributed by atoms with van der Waals surface area (Å²) in [6.45, 7) is 5.42. The number of nitrogens with one attached hydrogen (secondary N) is 1. The number of amides is 1. The summed E-state index contributed by atoms with van der Waals surface area (Å²) in [4.78, 5) is 26.7. The van der Waals surface area contributed by atoms with Crippen LogP contribution in [0.3, 0.4) is 0 Å². The van der Waals surface area contributed by atoms with Crippen molar-refractivity contribution in [2.45, 2.75) is 32.7 Å². The zero-order valence-corrected chi connectivity index (χ0v) is 11.6. The van der Waals surface area contributed by atoms with Gasteiger partial charge >= 0.3 is 5.97 Å². The fraction of sp³-hybridized carbons (Fsp3) is 0.462. The van der Waals surface area contributed by atoms with Gasteiger partial charge in [0.05, 0.1) is 18.4 Å². The minimum atomic E-state index is -0.502. The van der Waals surface area contributed by atoms with E-state index < -0.39 is 11.5 Å². The first kappa shape index (κ1) is 14.9. The Morgan fingerprint density at radius 1 is 1.42 bits per heavy atom. The number of nitrogens with zero attached hydrogens (tertiary/aromatic N) is 1. The van der Waals surface area contributed by atoms with Crippen LogP contribution in [0, 0.1) is 6.92 Å². The first-order valence-electron chi connectivity index (χ1n) is 5.87. The van der Waals surface area contributed by atoms with Crippen molar-refractivity contribution in [2.24, 2.45) is 5.73 Å². The molecule has 6 nitrogen and oxygen atoms in total. The monoisotopic (exact) mass is 265 g/mol. The van der Waals surface area contributed by atoms with Crippen molar-refractivity contribution in [3.63, 3.8) is 0 Å². The Kier molecular flexibility index (Phi) is 4.47. The molecule has 0 atom stereocenters. The fourth-order valence-electron chi connectivity index (χ4n) is 1.78. The Labute approximate surface area is 112 Å². The fourth-order valence-corrected chi connectivity index (χ4v) is 1.78. The van der Waals surface area contributed by atoms with Crippen LogP contribution in [0.4, 0.5) is 5.82 Å². The lowest BCUT2D eigenvalue weighted by atomic mass is 10.0. The number of nitrogens with two attached hydrogens (primary N) is 1. The Hall–Kier alpha value is -2.11. The number of aryl methyl sites for hydroxylation is 1. The predicted molar refractivity (Wildman–Crippen MR) is 71.8 cm³/mol. The number of ether oxygens (including phenoxy) is 1. The van der Waals surface area contributed by atoms with Gasteiger partial charge in [-0.3, -0.25) is 4.79 Å². The molecule has 0 spiro atoms. The van der Waals surface area contributed by atoms with Crippen LogP contribution in [0.2, 0.25) is 0 Å². The number of carbonyl (C=O) groups excluding carboxylic acids is 2. The van der Waals surface area contributed by atoms with Crippen molar-refractivity contribution in [1.29, 1.82) is 0 Å². The Morgan fingerprint density at radius 2 is 2.05 bits per heavy atom. The van der Waals surface area contributed by atoms with E-state index in [-0.39, 0.29) is 12.3 Å². The second kappa shape index (κ2) is 5.69. The van der Waals surface area contributed by atoms with Gasteiger partial charge in [-0.05, 0) is 32.9 Å². The van der Waals surface area contributed by atoms with E-state index in [1.54, 1.807) is 19.1 Å². The topological polar surface area (TPSA) is 94.3 Å². The molecule has 0 saturated heterocycles. The number of hydrogen-bond donors (Lipinski definition) is 2. The predicted octanol–water partition coefficient (Wildman–Crippen LogP) is 1.24. The maximum absolute atomic E-state index is 11.4. The van der Waals surface area contributed by atoms with Crippen LogP contribution in [-0.2, 0) is 9.53 Å². The molecule has 0 aliphatic heterocycles. The van der Waals surface area contributed by atoms with Gasteiger partial charge in [-0.25, -0.2) is 9.78 Å². The smallest absolute Gasteiger partial charge is 0.339 e. The van der Waals surface area contributed by atoms with Gasteiger partial charge in [0.1, 0.15) is 5.82 Å². The minimum absolute atomic E-state index is 0.187. The van der Waals surface area contributed by atoms with E-state index in [1.165, 1.54) is 7.11 Å². The summed E-state index contributed by atoms with van der Waals surface area (Å²) in [7, 11) is 1.32. The number of pyridine rings is 1. The molecule has 0 bridgehead atoms. The van der Waals surface area contributed by atoms with Gasteiger partial charge < -0.3 is 15.8 Å². The van der Waals surface area contributed by atoms with E-state index >= 15 is 0 Å². The molecule has 1 aromatic heterocycles. The van der Waals surface area contributed by atoms with E-state index in [0.29, 0.717) is 17.1 Å². The zero-order valence-electron chi connectivity index (χ0n) is 11.6. The summed E-state index contributed by atoms with van der Waals surface area (Å²) in [6, 6.07) is 3.30. The number of aromatic nitrogens is 1. The van der Waals surface area contributed by atoms with E-state index in [1.807, 2.05) is 13.8 Å². The molecule has 1 amide bonds. The second-order valence-electron chi connectivity index (χ2n) is 4.97. The number of methoxy groups -OCH3 is 1. The zero-order chi connectivity index (χ0) is 14.6. The van der Waals surface area contributed by atoms with Gasteiger partial charge in [0.2, 0.25) is 5.91 Å². The first-order chi connectivity index (χ1) is 8.75. The minimum Gasteiger partial charge on any atom is -0.465 e. The number of anilines is 1. The van der Waals surface area contributed by atoms with Crippen LogP contribution in [-0.4, -0.2) is 29.5 Å². The Balaban J connectivity index is 2.90. The molecular formula is C13H19N3O3. The van der Waals surface area contributed by atoms with Crippen molar-refractivity contribution < 1.29 is 14.3 Å². The van der Waals surface area contributed by atoms with Crippen LogP contribution in [0.25, 0.3) is 0 Å². The standard InChI is InChI=1S/C13H19N3O3/c1-8-9(12(18)19-4)5-6-11(15-8)16-13(2,3)7-10(14)17/h5-6H,7H2,1-4H3,(H2,14,17)(H,15,16). The highest BCUT2D eigenvalue weighted by Gasteiger charge is 2.21. The van der Waals surface area contributed by atoms with Crippen LogP contribution in [0.5, 0.6) is 0 Å².